The van der Waals surface area contributed by atoms with Crippen LogP contribution in [-0.4, -0.2) is 69.1 Å². The maximum atomic E-state index is 14.5. The summed E-state index contributed by atoms with van der Waals surface area (Å²) in [4.78, 5) is 44.1. The Morgan fingerprint density at radius 3 is 2.48 bits per heavy atom. The van der Waals surface area contributed by atoms with Crippen molar-refractivity contribution in [1.29, 1.82) is 0 Å². The van der Waals surface area contributed by atoms with E-state index in [2.05, 4.69) is 24.5 Å². The van der Waals surface area contributed by atoms with Crippen LogP contribution < -0.4 is 15.4 Å². The summed E-state index contributed by atoms with van der Waals surface area (Å²) in [6, 6.07) is 15.6. The maximum Gasteiger partial charge on any atom is 0.244 e. The highest BCUT2D eigenvalue weighted by Gasteiger charge is 2.77. The second-order valence-corrected chi connectivity index (χ2v) is 13.8. The van der Waals surface area contributed by atoms with E-state index in [1.165, 1.54) is 0 Å². The Labute approximate surface area is 253 Å². The molecule has 3 N–H and O–H groups in total. The van der Waals surface area contributed by atoms with Gasteiger partial charge < -0.3 is 25.4 Å². The van der Waals surface area contributed by atoms with Gasteiger partial charge in [-0.3, -0.25) is 14.4 Å². The number of anilines is 1. The van der Waals surface area contributed by atoms with Gasteiger partial charge in [0, 0.05) is 17.0 Å². The highest BCUT2D eigenvalue weighted by molar-refractivity contribution is 8.02. The molecule has 8 nitrogen and oxygen atoms in total. The SMILES string of the molecule is CCCCCNC(=O)C1N([C@@H](CO)Cc2ccccc2)C(=O)[C@@H]2[C@@H](C(=O)Nc3ccc(OCC)cc3)[C@@]3(C)CCC12S3. The first kappa shape index (κ1) is 30.4. The van der Waals surface area contributed by atoms with Gasteiger partial charge in [-0.1, -0.05) is 50.1 Å². The lowest BCUT2D eigenvalue weighted by atomic mass is 9.66. The predicted octanol–water partition coefficient (Wildman–Crippen LogP) is 4.42. The van der Waals surface area contributed by atoms with Crippen molar-refractivity contribution in [1.82, 2.24) is 10.2 Å². The van der Waals surface area contributed by atoms with E-state index in [1.54, 1.807) is 28.8 Å². The third-order valence-corrected chi connectivity index (χ3v) is 11.2. The van der Waals surface area contributed by atoms with Crippen molar-refractivity contribution in [2.24, 2.45) is 11.8 Å². The van der Waals surface area contributed by atoms with Crippen LogP contribution in [0.4, 0.5) is 5.69 Å². The number of carbonyl (C=O) groups excluding carboxylic acids is 3. The third-order valence-electron chi connectivity index (χ3n) is 9.18. The van der Waals surface area contributed by atoms with Crippen molar-refractivity contribution in [3.63, 3.8) is 0 Å². The number of thioether (sulfide) groups is 1. The first-order chi connectivity index (χ1) is 20.3. The quantitative estimate of drug-likeness (QED) is 0.297. The van der Waals surface area contributed by atoms with Crippen LogP contribution in [0.3, 0.4) is 0 Å². The lowest BCUT2D eigenvalue weighted by molar-refractivity contribution is -0.142. The zero-order chi connectivity index (χ0) is 29.9. The molecule has 1 spiro atoms. The molecule has 0 aromatic heterocycles. The molecule has 9 heteroatoms. The van der Waals surface area contributed by atoms with Crippen molar-refractivity contribution >= 4 is 35.2 Å². The Kier molecular flexibility index (Phi) is 9.18. The fraction of sp³-hybridized carbons (Fsp3) is 0.545. The number of hydrogen-bond donors (Lipinski definition) is 3. The van der Waals surface area contributed by atoms with Crippen molar-refractivity contribution < 1.29 is 24.2 Å². The van der Waals surface area contributed by atoms with E-state index in [-0.39, 0.29) is 24.3 Å². The summed E-state index contributed by atoms with van der Waals surface area (Å²) in [5.74, 6) is -1.13. The number of nitrogens with one attached hydrogen (secondary N) is 2. The molecular weight excluding hydrogens is 550 g/mol. The summed E-state index contributed by atoms with van der Waals surface area (Å²) >= 11 is 1.64. The molecular formula is C33H43N3O5S. The van der Waals surface area contributed by atoms with Crippen LogP contribution >= 0.6 is 11.8 Å². The lowest BCUT2D eigenvalue weighted by Crippen LogP contribution is -2.57. The molecule has 2 aromatic rings. The fourth-order valence-corrected chi connectivity index (χ4v) is 9.64. The topological polar surface area (TPSA) is 108 Å². The molecule has 3 fully saturated rings. The van der Waals surface area contributed by atoms with E-state index in [1.807, 2.05) is 49.4 Å². The van der Waals surface area contributed by atoms with Crippen molar-refractivity contribution in [3.05, 3.63) is 60.2 Å². The number of unbranched alkanes of at least 4 members (excludes halogenated alkanes) is 2. The van der Waals surface area contributed by atoms with Gasteiger partial charge in [0.1, 0.15) is 11.8 Å². The largest absolute Gasteiger partial charge is 0.494 e. The van der Waals surface area contributed by atoms with Gasteiger partial charge in [0.05, 0.1) is 35.8 Å². The first-order valence-electron chi connectivity index (χ1n) is 15.3. The van der Waals surface area contributed by atoms with Crippen molar-refractivity contribution in [2.75, 3.05) is 25.1 Å². The number of nitrogens with zero attached hydrogens (tertiary/aromatic N) is 1. The maximum absolute atomic E-state index is 14.5. The number of carbonyl (C=O) groups is 3. The number of aliphatic hydroxyl groups excluding tert-OH is 1. The van der Waals surface area contributed by atoms with Gasteiger partial charge in [0.2, 0.25) is 17.7 Å². The highest BCUT2D eigenvalue weighted by atomic mass is 32.2. The van der Waals surface area contributed by atoms with Crippen LogP contribution in [0, 0.1) is 11.8 Å². The lowest BCUT2D eigenvalue weighted by Gasteiger charge is -2.37. The summed E-state index contributed by atoms with van der Waals surface area (Å²) in [5, 5.41) is 16.8. The second kappa shape index (κ2) is 12.7. The van der Waals surface area contributed by atoms with Gasteiger partial charge in [-0.15, -0.1) is 11.8 Å². The molecule has 3 saturated heterocycles. The molecule has 226 valence electrons. The van der Waals surface area contributed by atoms with Crippen LogP contribution in [0.25, 0.3) is 0 Å². The standard InChI is InChI=1S/C33H43N3O5S/c1-4-6-10-19-34-30(39)28-33-18-17-32(3,42-33)26(29(38)35-23-13-15-25(16-14-23)41-5-2)27(33)31(40)36(28)24(21-37)20-22-11-8-7-9-12-22/h7-9,11-16,24,26-28,37H,4-6,10,17-21H2,1-3H3,(H,34,39)(H,35,38)/t24-,26+,27+,28?,32-,33?/m1/s1. The number of likely N-dealkylation sites (tertiary alicyclic amines) is 1. The van der Waals surface area contributed by atoms with Crippen LogP contribution in [-0.2, 0) is 20.8 Å². The monoisotopic (exact) mass is 593 g/mol. The van der Waals surface area contributed by atoms with Gasteiger partial charge in [-0.05, 0) is 69.4 Å². The zero-order valence-corrected chi connectivity index (χ0v) is 25.6. The molecule has 3 heterocycles. The van der Waals surface area contributed by atoms with E-state index >= 15 is 0 Å². The molecule has 0 saturated carbocycles. The van der Waals surface area contributed by atoms with Gasteiger partial charge >= 0.3 is 0 Å². The second-order valence-electron chi connectivity index (χ2n) is 11.9. The number of hydrogen-bond acceptors (Lipinski definition) is 6. The first-order valence-corrected chi connectivity index (χ1v) is 16.1. The molecule has 5 rings (SSSR count). The molecule has 3 aliphatic heterocycles. The molecule has 2 unspecified atom stereocenters. The number of amides is 3. The van der Waals surface area contributed by atoms with Gasteiger partial charge in [0.25, 0.3) is 0 Å². The minimum absolute atomic E-state index is 0.183. The molecule has 0 aliphatic carbocycles. The van der Waals surface area contributed by atoms with Crippen LogP contribution in [0.5, 0.6) is 5.75 Å². The minimum Gasteiger partial charge on any atom is -0.494 e. The Morgan fingerprint density at radius 1 is 1.07 bits per heavy atom. The Morgan fingerprint density at radius 2 is 1.81 bits per heavy atom. The van der Waals surface area contributed by atoms with Crippen molar-refractivity contribution in [2.45, 2.75) is 80.9 Å². The number of fused-ring (bicyclic) bond motifs is 1. The normalized spacial score (nSPS) is 28.4. The Hall–Kier alpha value is -3.04. The van der Waals surface area contributed by atoms with E-state index in [0.717, 1.165) is 37.0 Å². The predicted molar refractivity (Wildman–Crippen MR) is 165 cm³/mol. The average molecular weight is 594 g/mol. The number of aliphatic hydroxyl groups is 1. The highest BCUT2D eigenvalue weighted by Crippen LogP contribution is 2.71. The van der Waals surface area contributed by atoms with Gasteiger partial charge in [0.15, 0.2) is 0 Å². The Balaban J connectivity index is 1.47. The number of ether oxygens (including phenoxy) is 1. The molecule has 2 bridgehead atoms. The molecule has 0 radical (unpaired) electrons. The third kappa shape index (κ3) is 5.53. The van der Waals surface area contributed by atoms with E-state index in [9.17, 15) is 19.5 Å². The summed E-state index contributed by atoms with van der Waals surface area (Å²) in [5.41, 5.74) is 1.62. The number of benzene rings is 2. The molecule has 6 atom stereocenters. The van der Waals surface area contributed by atoms with Gasteiger partial charge in [-0.2, -0.15) is 0 Å². The van der Waals surface area contributed by atoms with Crippen molar-refractivity contribution in [3.8, 4) is 5.75 Å². The van der Waals surface area contributed by atoms with E-state index in [0.29, 0.717) is 31.7 Å². The molecule has 42 heavy (non-hydrogen) atoms. The fourth-order valence-electron chi connectivity index (χ4n) is 7.30. The zero-order valence-electron chi connectivity index (χ0n) is 24.8. The molecule has 2 aromatic carbocycles. The summed E-state index contributed by atoms with van der Waals surface area (Å²) in [7, 11) is 0. The van der Waals surface area contributed by atoms with Crippen LogP contribution in [0.15, 0.2) is 54.6 Å². The molecule has 3 amide bonds. The summed E-state index contributed by atoms with van der Waals surface area (Å²) in [6.07, 6.45) is 4.75. The van der Waals surface area contributed by atoms with E-state index < -0.39 is 33.4 Å². The smallest absolute Gasteiger partial charge is 0.244 e. The van der Waals surface area contributed by atoms with Crippen LogP contribution in [0.1, 0.15) is 58.4 Å². The summed E-state index contributed by atoms with van der Waals surface area (Å²) < 4.78 is 4.32. The average Bonchev–Trinajstić information content (AvgIpc) is 3.56. The minimum atomic E-state index is -0.757. The molecule has 3 aliphatic rings. The van der Waals surface area contributed by atoms with Gasteiger partial charge in [-0.25, -0.2) is 0 Å². The Bertz CT molecular complexity index is 1270. The summed E-state index contributed by atoms with van der Waals surface area (Å²) in [6.45, 7) is 6.92. The number of rotatable bonds is 13. The van der Waals surface area contributed by atoms with E-state index in [4.69, 9.17) is 4.74 Å². The van der Waals surface area contributed by atoms with Crippen LogP contribution in [0.2, 0.25) is 0 Å².